The first-order valence-corrected chi connectivity index (χ1v) is 9.90. The molecule has 30 heavy (non-hydrogen) atoms. The van der Waals surface area contributed by atoms with Gasteiger partial charge in [-0.05, 0) is 43.7 Å². The maximum Gasteiger partial charge on any atom is 0.280 e. The van der Waals surface area contributed by atoms with Crippen LogP contribution in [0.1, 0.15) is 22.6 Å². The fourth-order valence-corrected chi connectivity index (χ4v) is 3.28. The second kappa shape index (κ2) is 9.81. The molecule has 2 heterocycles. The number of para-hydroxylation sites is 1. The molecule has 0 aliphatic rings. The van der Waals surface area contributed by atoms with E-state index in [-0.39, 0.29) is 12.5 Å². The Morgan fingerprint density at radius 1 is 1.23 bits per heavy atom. The zero-order valence-electron chi connectivity index (χ0n) is 17.6. The summed E-state index contributed by atoms with van der Waals surface area (Å²) in [4.78, 5) is 13.7. The molecule has 0 radical (unpaired) electrons. The van der Waals surface area contributed by atoms with Gasteiger partial charge in [0.05, 0.1) is 25.4 Å². The van der Waals surface area contributed by atoms with Gasteiger partial charge in [0.25, 0.3) is 5.91 Å². The highest BCUT2D eigenvalue weighted by molar-refractivity contribution is 5.92. The van der Waals surface area contributed by atoms with Gasteiger partial charge in [0.2, 0.25) is 0 Å². The van der Waals surface area contributed by atoms with Gasteiger partial charge in [-0.3, -0.25) is 4.79 Å². The summed E-state index contributed by atoms with van der Waals surface area (Å²) < 4.78 is 13.1. The van der Waals surface area contributed by atoms with Crippen LogP contribution in [-0.2, 0) is 11.3 Å². The van der Waals surface area contributed by atoms with E-state index in [9.17, 15) is 10.1 Å². The molecule has 7 heteroatoms. The first-order chi connectivity index (χ1) is 14.5. The zero-order chi connectivity index (χ0) is 21.5. The summed E-state index contributed by atoms with van der Waals surface area (Å²) >= 11 is 0. The number of likely N-dealkylation sites (N-methyl/N-ethyl adjacent to an activating group) is 1. The first kappa shape index (κ1) is 21.2. The molecule has 0 aliphatic heterocycles. The highest BCUT2D eigenvalue weighted by atomic mass is 16.5. The van der Waals surface area contributed by atoms with E-state index in [1.54, 1.807) is 6.26 Å². The monoisotopic (exact) mass is 407 g/mol. The van der Waals surface area contributed by atoms with E-state index in [1.807, 2.05) is 67.9 Å². The van der Waals surface area contributed by atoms with Crippen LogP contribution in [0.2, 0.25) is 0 Å². The van der Waals surface area contributed by atoms with E-state index in [4.69, 9.17) is 9.15 Å². The minimum absolute atomic E-state index is 0.151. The number of carbonyl (C=O) groups excluding carboxylic acids is 1. The molecule has 0 saturated carbocycles. The molecular formula is C23H27N4O3+. The number of rotatable bonds is 9. The smallest absolute Gasteiger partial charge is 0.280 e. The van der Waals surface area contributed by atoms with Crippen LogP contribution in [0, 0.1) is 25.2 Å². The van der Waals surface area contributed by atoms with Crippen molar-refractivity contribution in [2.24, 2.45) is 0 Å². The van der Waals surface area contributed by atoms with Gasteiger partial charge >= 0.3 is 0 Å². The SMILES string of the molecule is Cc1c(C#N)c(NC(=O)C[NH+](C)CCOc2ccccc2)n(Cc2ccco2)c1C. The maximum atomic E-state index is 12.7. The number of benzene rings is 1. The minimum atomic E-state index is -0.151. The molecule has 1 atom stereocenters. The predicted molar refractivity (Wildman–Crippen MR) is 114 cm³/mol. The summed E-state index contributed by atoms with van der Waals surface area (Å²) in [6, 6.07) is 15.5. The van der Waals surface area contributed by atoms with Gasteiger partial charge in [-0.2, -0.15) is 5.26 Å². The van der Waals surface area contributed by atoms with E-state index in [0.29, 0.717) is 31.1 Å². The minimum Gasteiger partial charge on any atom is -0.488 e. The summed E-state index contributed by atoms with van der Waals surface area (Å²) in [5, 5.41) is 12.6. The topological polar surface area (TPSA) is 84.6 Å². The molecule has 0 saturated heterocycles. The van der Waals surface area contributed by atoms with Gasteiger partial charge in [0.1, 0.15) is 36.5 Å². The summed E-state index contributed by atoms with van der Waals surface area (Å²) in [5.41, 5.74) is 2.27. The Balaban J connectivity index is 1.62. The lowest BCUT2D eigenvalue weighted by molar-refractivity contribution is -0.871. The number of furan rings is 1. The van der Waals surface area contributed by atoms with Crippen molar-refractivity contribution in [2.45, 2.75) is 20.4 Å². The molecule has 1 unspecified atom stereocenters. The quantitative estimate of drug-likeness (QED) is 0.569. The molecule has 2 N–H and O–H groups in total. The van der Waals surface area contributed by atoms with Crippen LogP contribution >= 0.6 is 0 Å². The number of carbonyl (C=O) groups is 1. The fourth-order valence-electron chi connectivity index (χ4n) is 3.28. The molecule has 2 aromatic heterocycles. The molecular weight excluding hydrogens is 380 g/mol. The summed E-state index contributed by atoms with van der Waals surface area (Å²) in [7, 11) is 1.94. The van der Waals surface area contributed by atoms with Gasteiger partial charge in [0.15, 0.2) is 6.54 Å². The molecule has 1 aromatic carbocycles. The Hall–Kier alpha value is -3.50. The van der Waals surface area contributed by atoms with Gasteiger partial charge in [-0.1, -0.05) is 18.2 Å². The highest BCUT2D eigenvalue weighted by Crippen LogP contribution is 2.27. The van der Waals surface area contributed by atoms with E-state index in [1.165, 1.54) is 0 Å². The third kappa shape index (κ3) is 5.10. The van der Waals surface area contributed by atoms with Crippen LogP contribution in [0.3, 0.4) is 0 Å². The van der Waals surface area contributed by atoms with Crippen molar-refractivity contribution in [3.8, 4) is 11.8 Å². The fraction of sp³-hybridized carbons (Fsp3) is 0.304. The van der Waals surface area contributed by atoms with Crippen LogP contribution in [0.4, 0.5) is 5.82 Å². The van der Waals surface area contributed by atoms with Crippen LogP contribution < -0.4 is 15.0 Å². The number of nitriles is 1. The summed E-state index contributed by atoms with van der Waals surface area (Å²) in [6.07, 6.45) is 1.61. The zero-order valence-corrected chi connectivity index (χ0v) is 17.6. The normalized spacial score (nSPS) is 11.7. The molecule has 0 aliphatic carbocycles. The van der Waals surface area contributed by atoms with Crippen molar-refractivity contribution >= 4 is 11.7 Å². The molecule has 0 bridgehead atoms. The van der Waals surface area contributed by atoms with Crippen molar-refractivity contribution in [1.29, 1.82) is 5.26 Å². The van der Waals surface area contributed by atoms with Crippen molar-refractivity contribution in [1.82, 2.24) is 4.57 Å². The lowest BCUT2D eigenvalue weighted by atomic mass is 10.2. The van der Waals surface area contributed by atoms with E-state index >= 15 is 0 Å². The third-order valence-electron chi connectivity index (χ3n) is 5.10. The number of anilines is 1. The van der Waals surface area contributed by atoms with E-state index in [0.717, 1.165) is 27.7 Å². The maximum absolute atomic E-state index is 12.7. The molecule has 156 valence electrons. The summed E-state index contributed by atoms with van der Waals surface area (Å²) in [5.74, 6) is 1.94. The van der Waals surface area contributed by atoms with Crippen LogP contribution in [0.15, 0.2) is 53.1 Å². The van der Waals surface area contributed by atoms with Crippen molar-refractivity contribution < 1.29 is 18.8 Å². The van der Waals surface area contributed by atoms with Crippen molar-refractivity contribution in [2.75, 3.05) is 32.1 Å². The number of nitrogens with one attached hydrogen (secondary N) is 2. The second-order valence-corrected chi connectivity index (χ2v) is 7.30. The number of hydrogen-bond acceptors (Lipinski definition) is 4. The van der Waals surface area contributed by atoms with Crippen molar-refractivity contribution in [3.63, 3.8) is 0 Å². The first-order valence-electron chi connectivity index (χ1n) is 9.90. The number of aromatic nitrogens is 1. The Morgan fingerprint density at radius 2 is 2.00 bits per heavy atom. The molecule has 7 nitrogen and oxygen atoms in total. The Bertz CT molecular complexity index is 1020. The Morgan fingerprint density at radius 3 is 2.67 bits per heavy atom. The van der Waals surface area contributed by atoms with Crippen LogP contribution in [0.5, 0.6) is 5.75 Å². The van der Waals surface area contributed by atoms with Gasteiger partial charge in [-0.15, -0.1) is 0 Å². The lowest BCUT2D eigenvalue weighted by Gasteiger charge is -2.16. The van der Waals surface area contributed by atoms with E-state index in [2.05, 4.69) is 11.4 Å². The molecule has 0 fully saturated rings. The molecule has 3 rings (SSSR count). The Labute approximate surface area is 176 Å². The summed E-state index contributed by atoms with van der Waals surface area (Å²) in [6.45, 7) is 5.74. The predicted octanol–water partition coefficient (Wildman–Crippen LogP) is 2.15. The van der Waals surface area contributed by atoms with Gasteiger partial charge in [0, 0.05) is 5.69 Å². The number of quaternary nitrogens is 1. The highest BCUT2D eigenvalue weighted by Gasteiger charge is 2.21. The van der Waals surface area contributed by atoms with Gasteiger partial charge in [-0.25, -0.2) is 0 Å². The number of nitrogens with zero attached hydrogens (tertiary/aromatic N) is 2. The molecule has 0 spiro atoms. The van der Waals surface area contributed by atoms with Crippen molar-refractivity contribution in [3.05, 3.63) is 71.3 Å². The molecule has 1 amide bonds. The number of hydrogen-bond donors (Lipinski definition) is 2. The number of ether oxygens (including phenoxy) is 1. The Kier molecular flexibility index (Phi) is 6.94. The standard InChI is InChI=1S/C23H26N4O3/c1-17-18(2)27(15-20-10-7-12-29-20)23(21(17)14-24)25-22(28)16-26(3)11-13-30-19-8-5-4-6-9-19/h4-10,12H,11,13,15-16H2,1-3H3,(H,25,28)/p+1. The molecule has 3 aromatic rings. The van der Waals surface area contributed by atoms with Crippen LogP contribution in [-0.4, -0.2) is 37.2 Å². The second-order valence-electron chi connectivity index (χ2n) is 7.30. The largest absolute Gasteiger partial charge is 0.488 e. The van der Waals surface area contributed by atoms with Crippen LogP contribution in [0.25, 0.3) is 0 Å². The van der Waals surface area contributed by atoms with E-state index < -0.39 is 0 Å². The lowest BCUT2D eigenvalue weighted by Crippen LogP contribution is -3.10. The van der Waals surface area contributed by atoms with Gasteiger partial charge < -0.3 is 23.9 Å². The average molecular weight is 407 g/mol. The number of amides is 1. The third-order valence-corrected chi connectivity index (χ3v) is 5.10. The average Bonchev–Trinajstić information content (AvgIpc) is 3.32.